The average molecular weight is 272 g/mol. The zero-order valence-corrected chi connectivity index (χ0v) is 12.8. The lowest BCUT2D eigenvalue weighted by Crippen LogP contribution is -2.26. The molecule has 0 aliphatic rings. The fraction of sp³-hybridized carbons (Fsp3) is 0.500. The third-order valence-electron chi connectivity index (χ3n) is 3.64. The molecule has 1 N–H and O–H groups in total. The van der Waals surface area contributed by atoms with Gasteiger partial charge in [-0.2, -0.15) is 5.10 Å². The minimum atomic E-state index is 0.290. The molecule has 1 aromatic heterocycles. The first-order valence-corrected chi connectivity index (χ1v) is 7.25. The van der Waals surface area contributed by atoms with E-state index in [1.165, 1.54) is 16.7 Å². The Hall–Kier alpha value is -1.68. The first kappa shape index (κ1) is 14.7. The summed E-state index contributed by atoms with van der Waals surface area (Å²) in [6.07, 6.45) is 3.61. The van der Waals surface area contributed by atoms with Gasteiger partial charge in [0.15, 0.2) is 0 Å². The molecule has 0 bridgehead atoms. The molecule has 0 radical (unpaired) electrons. The van der Waals surface area contributed by atoms with Crippen molar-refractivity contribution in [3.63, 3.8) is 0 Å². The van der Waals surface area contributed by atoms with Gasteiger partial charge in [0, 0.05) is 19.5 Å². The molecule has 0 fully saturated rings. The number of benzene rings is 1. The highest BCUT2D eigenvalue weighted by Gasteiger charge is 2.16. The second kappa shape index (κ2) is 6.66. The molecule has 0 spiro atoms. The number of hydrogen-bond donors (Lipinski definition) is 1. The largest absolute Gasteiger partial charge is 0.310 e. The number of aryl methyl sites for hydroxylation is 3. The number of rotatable bonds is 6. The van der Waals surface area contributed by atoms with Gasteiger partial charge in [0.25, 0.3) is 0 Å². The predicted molar refractivity (Wildman–Crippen MR) is 81.7 cm³/mol. The van der Waals surface area contributed by atoms with Crippen molar-refractivity contribution in [1.82, 2.24) is 20.1 Å². The minimum absolute atomic E-state index is 0.290. The van der Waals surface area contributed by atoms with E-state index < -0.39 is 0 Å². The molecule has 0 aliphatic heterocycles. The molecule has 4 nitrogen and oxygen atoms in total. The van der Waals surface area contributed by atoms with Gasteiger partial charge >= 0.3 is 0 Å². The van der Waals surface area contributed by atoms with E-state index in [1.54, 1.807) is 6.33 Å². The lowest BCUT2D eigenvalue weighted by molar-refractivity contribution is 0.504. The minimum Gasteiger partial charge on any atom is -0.310 e. The summed E-state index contributed by atoms with van der Waals surface area (Å²) in [6, 6.07) is 6.93. The molecule has 0 saturated carbocycles. The molecular formula is C16H24N4. The van der Waals surface area contributed by atoms with E-state index in [4.69, 9.17) is 0 Å². The Bertz CT molecular complexity index is 559. The fourth-order valence-corrected chi connectivity index (χ4v) is 2.43. The van der Waals surface area contributed by atoms with Gasteiger partial charge in [0.2, 0.25) is 0 Å². The van der Waals surface area contributed by atoms with Crippen molar-refractivity contribution < 1.29 is 0 Å². The maximum absolute atomic E-state index is 4.35. The van der Waals surface area contributed by atoms with Gasteiger partial charge in [-0.15, -0.1) is 0 Å². The summed E-state index contributed by atoms with van der Waals surface area (Å²) >= 11 is 0. The van der Waals surface area contributed by atoms with E-state index in [0.29, 0.717) is 0 Å². The maximum Gasteiger partial charge on any atom is 0.138 e. The van der Waals surface area contributed by atoms with Crippen LogP contribution in [-0.2, 0) is 13.5 Å². The Morgan fingerprint density at radius 3 is 2.75 bits per heavy atom. The summed E-state index contributed by atoms with van der Waals surface area (Å²) in [7, 11) is 1.95. The number of nitrogens with one attached hydrogen (secondary N) is 1. The highest BCUT2D eigenvalue weighted by molar-refractivity contribution is 5.33. The normalized spacial score (nSPS) is 12.6. The Labute approximate surface area is 121 Å². The molecule has 1 unspecified atom stereocenters. The van der Waals surface area contributed by atoms with Gasteiger partial charge < -0.3 is 5.32 Å². The van der Waals surface area contributed by atoms with Crippen molar-refractivity contribution >= 4 is 0 Å². The molecule has 20 heavy (non-hydrogen) atoms. The first-order chi connectivity index (χ1) is 9.61. The number of nitrogens with zero attached hydrogens (tertiary/aromatic N) is 3. The predicted octanol–water partition coefficient (Wildman–Crippen LogP) is 2.72. The van der Waals surface area contributed by atoms with Crippen molar-refractivity contribution in [1.29, 1.82) is 0 Å². The van der Waals surface area contributed by atoms with Crippen LogP contribution in [0.5, 0.6) is 0 Å². The highest BCUT2D eigenvalue weighted by Crippen LogP contribution is 2.22. The summed E-state index contributed by atoms with van der Waals surface area (Å²) in [5.41, 5.74) is 3.99. The standard InChI is InChI=1S/C16H24N4/c1-5-8-17-15(10-16-18-11-19-20(16)4)14-9-12(2)6-7-13(14)3/h6-7,9,11,15,17H,5,8,10H2,1-4H3. The lowest BCUT2D eigenvalue weighted by atomic mass is 9.96. The van der Waals surface area contributed by atoms with Gasteiger partial charge in [-0.1, -0.05) is 30.7 Å². The van der Waals surface area contributed by atoms with Crippen LogP contribution in [0.15, 0.2) is 24.5 Å². The highest BCUT2D eigenvalue weighted by atomic mass is 15.3. The van der Waals surface area contributed by atoms with E-state index in [1.807, 2.05) is 11.7 Å². The van der Waals surface area contributed by atoms with Crippen molar-refractivity contribution in [2.75, 3.05) is 6.54 Å². The van der Waals surface area contributed by atoms with Crippen LogP contribution in [-0.4, -0.2) is 21.3 Å². The van der Waals surface area contributed by atoms with Crippen molar-refractivity contribution in [2.24, 2.45) is 7.05 Å². The van der Waals surface area contributed by atoms with Gasteiger partial charge in [-0.05, 0) is 37.9 Å². The summed E-state index contributed by atoms with van der Waals surface area (Å²) in [4.78, 5) is 4.35. The summed E-state index contributed by atoms with van der Waals surface area (Å²) in [6.45, 7) is 7.51. The molecule has 1 heterocycles. The Kier molecular flexibility index (Phi) is 4.90. The molecule has 2 rings (SSSR count). The average Bonchev–Trinajstić information content (AvgIpc) is 2.83. The van der Waals surface area contributed by atoms with E-state index in [2.05, 4.69) is 54.4 Å². The monoisotopic (exact) mass is 272 g/mol. The zero-order chi connectivity index (χ0) is 14.5. The van der Waals surface area contributed by atoms with Gasteiger partial charge in [0.1, 0.15) is 12.2 Å². The molecule has 0 amide bonds. The molecule has 4 heteroatoms. The summed E-state index contributed by atoms with van der Waals surface area (Å²) in [5.74, 6) is 1.01. The quantitative estimate of drug-likeness (QED) is 0.879. The van der Waals surface area contributed by atoms with Crippen LogP contribution < -0.4 is 5.32 Å². The number of aromatic nitrogens is 3. The van der Waals surface area contributed by atoms with Crippen LogP contribution in [0.25, 0.3) is 0 Å². The third kappa shape index (κ3) is 3.45. The fourth-order valence-electron chi connectivity index (χ4n) is 2.43. The lowest BCUT2D eigenvalue weighted by Gasteiger charge is -2.21. The first-order valence-electron chi connectivity index (χ1n) is 7.25. The summed E-state index contributed by atoms with van der Waals surface area (Å²) in [5, 5.41) is 7.80. The van der Waals surface area contributed by atoms with E-state index in [0.717, 1.165) is 25.2 Å². The van der Waals surface area contributed by atoms with Gasteiger partial charge in [-0.3, -0.25) is 4.68 Å². The SMILES string of the molecule is CCCNC(Cc1ncnn1C)c1cc(C)ccc1C. The zero-order valence-electron chi connectivity index (χ0n) is 12.8. The van der Waals surface area contributed by atoms with Crippen molar-refractivity contribution in [2.45, 2.75) is 39.7 Å². The molecule has 0 aliphatic carbocycles. The Morgan fingerprint density at radius 2 is 2.10 bits per heavy atom. The topological polar surface area (TPSA) is 42.7 Å². The second-order valence-electron chi connectivity index (χ2n) is 5.37. The smallest absolute Gasteiger partial charge is 0.138 e. The third-order valence-corrected chi connectivity index (χ3v) is 3.64. The van der Waals surface area contributed by atoms with Crippen LogP contribution in [0.3, 0.4) is 0 Å². The Morgan fingerprint density at radius 1 is 1.30 bits per heavy atom. The maximum atomic E-state index is 4.35. The van der Waals surface area contributed by atoms with E-state index >= 15 is 0 Å². The summed E-state index contributed by atoms with van der Waals surface area (Å²) < 4.78 is 1.85. The van der Waals surface area contributed by atoms with Gasteiger partial charge in [0.05, 0.1) is 0 Å². The molecule has 0 saturated heterocycles. The van der Waals surface area contributed by atoms with Crippen molar-refractivity contribution in [3.05, 3.63) is 47.0 Å². The second-order valence-corrected chi connectivity index (χ2v) is 5.37. The van der Waals surface area contributed by atoms with Crippen LogP contribution in [0.4, 0.5) is 0 Å². The Balaban J connectivity index is 2.27. The van der Waals surface area contributed by atoms with Crippen LogP contribution in [0.1, 0.15) is 41.9 Å². The van der Waals surface area contributed by atoms with Crippen LogP contribution >= 0.6 is 0 Å². The molecule has 2 aromatic rings. The molecule has 1 atom stereocenters. The van der Waals surface area contributed by atoms with Crippen LogP contribution in [0, 0.1) is 13.8 Å². The van der Waals surface area contributed by atoms with Gasteiger partial charge in [-0.25, -0.2) is 4.98 Å². The molecular weight excluding hydrogens is 248 g/mol. The van der Waals surface area contributed by atoms with Crippen LogP contribution in [0.2, 0.25) is 0 Å². The molecule has 108 valence electrons. The van der Waals surface area contributed by atoms with Crippen molar-refractivity contribution in [3.8, 4) is 0 Å². The van der Waals surface area contributed by atoms with E-state index in [9.17, 15) is 0 Å². The number of hydrogen-bond acceptors (Lipinski definition) is 3. The molecule has 1 aromatic carbocycles. The van der Waals surface area contributed by atoms with E-state index in [-0.39, 0.29) is 6.04 Å².